The van der Waals surface area contributed by atoms with E-state index in [0.29, 0.717) is 10.2 Å². The highest BCUT2D eigenvalue weighted by molar-refractivity contribution is 9.10. The number of nitro groups is 1. The Bertz CT molecular complexity index is 736. The molecular weight excluding hydrogens is 364 g/mol. The molecule has 6 nitrogen and oxygen atoms in total. The summed E-state index contributed by atoms with van der Waals surface area (Å²) in [6.45, 7) is 0. The molecule has 8 heteroatoms. The second-order valence-electron chi connectivity index (χ2n) is 4.04. The Hall–Kier alpha value is -2.12. The maximum atomic E-state index is 11.0. The van der Waals surface area contributed by atoms with Crippen LogP contribution in [0.2, 0.25) is 5.02 Å². The lowest BCUT2D eigenvalue weighted by atomic mass is 10.2. The van der Waals surface area contributed by atoms with Crippen LogP contribution in [0.3, 0.4) is 0 Å². The summed E-state index contributed by atoms with van der Waals surface area (Å²) in [5, 5.41) is 22.8. The minimum atomic E-state index is -1.14. The molecule has 0 fully saturated rings. The zero-order chi connectivity index (χ0) is 15.6. The van der Waals surface area contributed by atoms with Crippen molar-refractivity contribution < 1.29 is 14.8 Å². The maximum Gasteiger partial charge on any atom is 0.337 e. The van der Waals surface area contributed by atoms with Gasteiger partial charge in [0.05, 0.1) is 15.5 Å². The van der Waals surface area contributed by atoms with Gasteiger partial charge in [-0.2, -0.15) is 0 Å². The fraction of sp³-hybridized carbons (Fsp3) is 0. The fourth-order valence-electron chi connectivity index (χ4n) is 1.68. The number of nitrogens with zero attached hydrogens (tertiary/aromatic N) is 1. The zero-order valence-corrected chi connectivity index (χ0v) is 12.7. The monoisotopic (exact) mass is 370 g/mol. The molecule has 21 heavy (non-hydrogen) atoms. The van der Waals surface area contributed by atoms with E-state index < -0.39 is 10.9 Å². The first-order valence-corrected chi connectivity index (χ1v) is 6.79. The average Bonchev–Trinajstić information content (AvgIpc) is 2.40. The quantitative estimate of drug-likeness (QED) is 0.612. The first kappa shape index (κ1) is 15.3. The summed E-state index contributed by atoms with van der Waals surface area (Å²) in [5.41, 5.74) is 0.591. The van der Waals surface area contributed by atoms with Crippen molar-refractivity contribution in [2.24, 2.45) is 0 Å². The van der Waals surface area contributed by atoms with E-state index in [-0.39, 0.29) is 22.0 Å². The summed E-state index contributed by atoms with van der Waals surface area (Å²) in [4.78, 5) is 21.4. The number of hydrogen-bond acceptors (Lipinski definition) is 4. The molecule has 2 aromatic rings. The molecule has 0 bridgehead atoms. The molecule has 0 aromatic heterocycles. The molecule has 0 spiro atoms. The molecule has 0 unspecified atom stereocenters. The Labute approximate surface area is 132 Å². The molecule has 0 aliphatic heterocycles. The molecule has 0 heterocycles. The van der Waals surface area contributed by atoms with Crippen molar-refractivity contribution in [2.45, 2.75) is 0 Å². The Morgan fingerprint density at radius 2 is 2.00 bits per heavy atom. The number of rotatable bonds is 4. The van der Waals surface area contributed by atoms with Gasteiger partial charge >= 0.3 is 5.97 Å². The van der Waals surface area contributed by atoms with Crippen molar-refractivity contribution in [3.63, 3.8) is 0 Å². The van der Waals surface area contributed by atoms with Gasteiger partial charge in [-0.3, -0.25) is 10.1 Å². The fourth-order valence-corrected chi connectivity index (χ4v) is 2.29. The number of hydrogen-bond donors (Lipinski definition) is 2. The van der Waals surface area contributed by atoms with Gasteiger partial charge in [0.25, 0.3) is 5.69 Å². The second kappa shape index (κ2) is 6.11. The first-order valence-electron chi connectivity index (χ1n) is 5.62. The molecular formula is C13H8BrClN2O4. The molecule has 108 valence electrons. The normalized spacial score (nSPS) is 10.2. The van der Waals surface area contributed by atoms with Gasteiger partial charge in [-0.05, 0) is 30.3 Å². The van der Waals surface area contributed by atoms with E-state index in [0.717, 1.165) is 0 Å². The Balaban J connectivity index is 2.37. The van der Waals surface area contributed by atoms with Crippen LogP contribution in [0, 0.1) is 10.1 Å². The van der Waals surface area contributed by atoms with Crippen LogP contribution in [-0.4, -0.2) is 16.0 Å². The molecule has 2 N–H and O–H groups in total. The van der Waals surface area contributed by atoms with Crippen molar-refractivity contribution in [3.05, 3.63) is 61.6 Å². The Morgan fingerprint density at radius 1 is 1.29 bits per heavy atom. The van der Waals surface area contributed by atoms with E-state index in [2.05, 4.69) is 21.2 Å². The third-order valence-corrected chi connectivity index (χ3v) is 3.44. The number of carboxylic acids is 1. The highest BCUT2D eigenvalue weighted by Crippen LogP contribution is 2.31. The van der Waals surface area contributed by atoms with Crippen LogP contribution in [0.4, 0.5) is 17.1 Å². The molecule has 0 aliphatic rings. The lowest BCUT2D eigenvalue weighted by molar-refractivity contribution is -0.384. The number of nitrogens with one attached hydrogen (secondary N) is 1. The molecule has 0 atom stereocenters. The standard InChI is InChI=1S/C13H8BrClN2O4/c14-7-1-4-11(12(5-7)17(20)21)16-8-2-3-9(13(18)19)10(15)6-8/h1-6,16H,(H,18,19). The molecule has 2 rings (SSSR count). The Kier molecular flexibility index (Phi) is 4.44. The zero-order valence-electron chi connectivity index (χ0n) is 10.3. The predicted octanol–water partition coefficient (Wildman–Crippen LogP) is 4.45. The molecule has 0 radical (unpaired) electrons. The highest BCUT2D eigenvalue weighted by Gasteiger charge is 2.15. The van der Waals surface area contributed by atoms with Crippen molar-refractivity contribution in [2.75, 3.05) is 5.32 Å². The molecule has 0 saturated heterocycles. The van der Waals surface area contributed by atoms with Crippen molar-refractivity contribution in [1.29, 1.82) is 0 Å². The van der Waals surface area contributed by atoms with Gasteiger partial charge in [0, 0.05) is 16.2 Å². The minimum Gasteiger partial charge on any atom is -0.478 e. The van der Waals surface area contributed by atoms with Crippen LogP contribution in [0.25, 0.3) is 0 Å². The van der Waals surface area contributed by atoms with E-state index in [9.17, 15) is 14.9 Å². The lowest BCUT2D eigenvalue weighted by Gasteiger charge is -2.09. The first-order chi connectivity index (χ1) is 9.88. The van der Waals surface area contributed by atoms with Crippen molar-refractivity contribution in [3.8, 4) is 0 Å². The number of benzene rings is 2. The molecule has 2 aromatic carbocycles. The van der Waals surface area contributed by atoms with Crippen LogP contribution >= 0.6 is 27.5 Å². The molecule has 0 saturated carbocycles. The molecule has 0 amide bonds. The third-order valence-electron chi connectivity index (χ3n) is 2.63. The number of anilines is 2. The predicted molar refractivity (Wildman–Crippen MR) is 82.5 cm³/mol. The van der Waals surface area contributed by atoms with Crippen LogP contribution < -0.4 is 5.32 Å². The van der Waals surface area contributed by atoms with E-state index in [1.807, 2.05) is 0 Å². The van der Waals surface area contributed by atoms with Gasteiger partial charge in [-0.25, -0.2) is 4.79 Å². The average molecular weight is 372 g/mol. The number of aromatic carboxylic acids is 1. The lowest BCUT2D eigenvalue weighted by Crippen LogP contribution is -2.00. The van der Waals surface area contributed by atoms with Crippen molar-refractivity contribution >= 4 is 50.6 Å². The highest BCUT2D eigenvalue weighted by atomic mass is 79.9. The summed E-state index contributed by atoms with van der Waals surface area (Å²) in [6, 6.07) is 8.79. The minimum absolute atomic E-state index is 0.0347. The SMILES string of the molecule is O=C(O)c1ccc(Nc2ccc(Br)cc2[N+](=O)[O-])cc1Cl. The van der Waals surface area contributed by atoms with Crippen molar-refractivity contribution in [1.82, 2.24) is 0 Å². The summed E-state index contributed by atoms with van der Waals surface area (Å²) in [7, 11) is 0. The number of halogens is 2. The van der Waals surface area contributed by atoms with Crippen LogP contribution in [-0.2, 0) is 0 Å². The van der Waals surface area contributed by atoms with Gasteiger partial charge < -0.3 is 10.4 Å². The number of carbonyl (C=O) groups is 1. The van der Waals surface area contributed by atoms with E-state index in [1.165, 1.54) is 24.3 Å². The van der Waals surface area contributed by atoms with Crippen LogP contribution in [0.1, 0.15) is 10.4 Å². The summed E-state index contributed by atoms with van der Waals surface area (Å²) in [6.07, 6.45) is 0. The van der Waals surface area contributed by atoms with E-state index >= 15 is 0 Å². The van der Waals surface area contributed by atoms with Gasteiger partial charge in [0.15, 0.2) is 0 Å². The topological polar surface area (TPSA) is 92.5 Å². The number of nitro benzene ring substituents is 1. The van der Waals surface area contributed by atoms with Crippen LogP contribution in [0.15, 0.2) is 40.9 Å². The van der Waals surface area contributed by atoms with Gasteiger partial charge in [-0.1, -0.05) is 27.5 Å². The summed E-state index contributed by atoms with van der Waals surface area (Å²) in [5.74, 6) is -1.14. The second-order valence-corrected chi connectivity index (χ2v) is 5.37. The maximum absolute atomic E-state index is 11.0. The van der Waals surface area contributed by atoms with Gasteiger partial charge in [-0.15, -0.1) is 0 Å². The van der Waals surface area contributed by atoms with Gasteiger partial charge in [0.2, 0.25) is 0 Å². The third kappa shape index (κ3) is 3.50. The van der Waals surface area contributed by atoms with E-state index in [1.54, 1.807) is 12.1 Å². The largest absolute Gasteiger partial charge is 0.478 e. The number of carboxylic acid groups (broad SMARTS) is 1. The summed E-state index contributed by atoms with van der Waals surface area (Å²) < 4.78 is 0.582. The van der Waals surface area contributed by atoms with Crippen LogP contribution in [0.5, 0.6) is 0 Å². The van der Waals surface area contributed by atoms with Gasteiger partial charge in [0.1, 0.15) is 5.69 Å². The van der Waals surface area contributed by atoms with E-state index in [4.69, 9.17) is 16.7 Å². The molecule has 0 aliphatic carbocycles. The Morgan fingerprint density at radius 3 is 2.57 bits per heavy atom. The smallest absolute Gasteiger partial charge is 0.337 e. The summed E-state index contributed by atoms with van der Waals surface area (Å²) >= 11 is 9.02.